The lowest BCUT2D eigenvalue weighted by Gasteiger charge is -2.26. The fourth-order valence-electron chi connectivity index (χ4n) is 3.07. The molecule has 1 aliphatic rings. The summed E-state index contributed by atoms with van der Waals surface area (Å²) in [5, 5.41) is 4.25. The Hall–Kier alpha value is -3.35. The predicted molar refractivity (Wildman–Crippen MR) is 113 cm³/mol. The number of carbonyl (C=O) groups excluding carboxylic acids is 3. The van der Waals surface area contributed by atoms with Crippen LogP contribution in [-0.4, -0.2) is 64.0 Å². The fraction of sp³-hybridized carbons (Fsp3) is 0.286. The highest BCUT2D eigenvalue weighted by Crippen LogP contribution is 2.24. The van der Waals surface area contributed by atoms with Gasteiger partial charge in [0, 0.05) is 25.7 Å². The number of carbonyl (C=O) groups is 3. The third-order valence-corrected chi connectivity index (χ3v) is 6.70. The Balaban J connectivity index is 1.89. The van der Waals surface area contributed by atoms with Gasteiger partial charge >= 0.3 is 12.0 Å². The molecule has 1 saturated heterocycles. The maximum Gasteiger partial charge on any atom is 0.339 e. The van der Waals surface area contributed by atoms with Gasteiger partial charge < -0.3 is 14.8 Å². The maximum absolute atomic E-state index is 14.4. The Kier molecular flexibility index (Phi) is 7.74. The van der Waals surface area contributed by atoms with Crippen molar-refractivity contribution in [2.45, 2.75) is 11.0 Å². The summed E-state index contributed by atoms with van der Waals surface area (Å²) in [6.45, 7) is 0.432. The number of nitrogens with zero attached hydrogens (tertiary/aromatic N) is 1. The predicted octanol–water partition coefficient (Wildman–Crippen LogP) is 1.20. The first-order valence-electron chi connectivity index (χ1n) is 9.90. The van der Waals surface area contributed by atoms with Crippen molar-refractivity contribution in [2.75, 3.05) is 33.4 Å². The summed E-state index contributed by atoms with van der Waals surface area (Å²) in [7, 11) is -2.92. The zero-order valence-electron chi connectivity index (χ0n) is 17.6. The van der Waals surface area contributed by atoms with Gasteiger partial charge in [-0.2, -0.15) is 4.31 Å². The molecule has 10 nitrogen and oxygen atoms in total. The Morgan fingerprint density at radius 2 is 1.76 bits per heavy atom. The van der Waals surface area contributed by atoms with Crippen molar-refractivity contribution in [3.63, 3.8) is 0 Å². The molecule has 1 aliphatic heterocycles. The summed E-state index contributed by atoms with van der Waals surface area (Å²) in [6, 6.07) is 9.87. The second-order valence-corrected chi connectivity index (χ2v) is 8.83. The second kappa shape index (κ2) is 10.5. The molecule has 3 rings (SSSR count). The highest BCUT2D eigenvalue weighted by Gasteiger charge is 2.31. The number of imide groups is 1. The van der Waals surface area contributed by atoms with Crippen LogP contribution in [0.1, 0.15) is 22.0 Å². The lowest BCUT2D eigenvalue weighted by molar-refractivity contribution is -0.129. The largest absolute Gasteiger partial charge is 0.444 e. The first kappa shape index (κ1) is 24.3. The van der Waals surface area contributed by atoms with Crippen molar-refractivity contribution in [3.8, 4) is 0 Å². The van der Waals surface area contributed by atoms with Crippen LogP contribution in [0.4, 0.5) is 9.18 Å². The summed E-state index contributed by atoms with van der Waals surface area (Å²) >= 11 is 0. The fourth-order valence-corrected chi connectivity index (χ4v) is 4.57. The smallest absolute Gasteiger partial charge is 0.339 e. The molecule has 0 bridgehead atoms. The quantitative estimate of drug-likeness (QED) is 0.595. The van der Waals surface area contributed by atoms with E-state index < -0.39 is 44.7 Å². The molecule has 33 heavy (non-hydrogen) atoms. The minimum Gasteiger partial charge on any atom is -0.444 e. The molecule has 0 aromatic heterocycles. The highest BCUT2D eigenvalue weighted by atomic mass is 32.2. The summed E-state index contributed by atoms with van der Waals surface area (Å²) < 4.78 is 51.6. The molecule has 1 unspecified atom stereocenters. The number of hydrogen-bond acceptors (Lipinski definition) is 7. The van der Waals surface area contributed by atoms with Crippen LogP contribution in [0.2, 0.25) is 0 Å². The lowest BCUT2D eigenvalue weighted by Crippen LogP contribution is -2.41. The minimum atomic E-state index is -4.23. The molecule has 0 spiro atoms. The number of ether oxygens (including phenoxy) is 2. The van der Waals surface area contributed by atoms with Gasteiger partial charge in [0.2, 0.25) is 16.1 Å². The normalized spacial score (nSPS) is 15.3. The first-order chi connectivity index (χ1) is 15.7. The molecule has 2 aromatic carbocycles. The van der Waals surface area contributed by atoms with E-state index in [2.05, 4.69) is 5.32 Å². The number of hydrogen-bond donors (Lipinski definition) is 2. The summed E-state index contributed by atoms with van der Waals surface area (Å²) in [5.41, 5.74) is -0.00700. The van der Waals surface area contributed by atoms with Crippen molar-refractivity contribution >= 4 is 27.9 Å². The van der Waals surface area contributed by atoms with Gasteiger partial charge in [-0.05, 0) is 18.2 Å². The van der Waals surface area contributed by atoms with E-state index in [1.165, 1.54) is 19.2 Å². The number of sulfonamides is 1. The van der Waals surface area contributed by atoms with Gasteiger partial charge in [0.05, 0.1) is 18.8 Å². The molecule has 0 saturated carbocycles. The zero-order chi connectivity index (χ0) is 24.0. The molecule has 1 heterocycles. The van der Waals surface area contributed by atoms with Crippen molar-refractivity contribution in [3.05, 3.63) is 65.5 Å². The van der Waals surface area contributed by atoms with Crippen molar-refractivity contribution < 1.29 is 36.7 Å². The van der Waals surface area contributed by atoms with E-state index in [9.17, 15) is 27.2 Å². The molecule has 2 N–H and O–H groups in total. The Morgan fingerprint density at radius 1 is 1.09 bits per heavy atom. The molecule has 2 aromatic rings. The molecule has 1 fully saturated rings. The van der Waals surface area contributed by atoms with E-state index in [-0.39, 0.29) is 37.4 Å². The van der Waals surface area contributed by atoms with Crippen LogP contribution >= 0.6 is 0 Å². The molecule has 0 radical (unpaired) electrons. The number of benzene rings is 2. The van der Waals surface area contributed by atoms with Crippen LogP contribution in [0.25, 0.3) is 0 Å². The van der Waals surface area contributed by atoms with Crippen LogP contribution in [0.15, 0.2) is 53.4 Å². The first-order valence-corrected chi connectivity index (χ1v) is 11.3. The average molecular weight is 479 g/mol. The van der Waals surface area contributed by atoms with Crippen molar-refractivity contribution in [1.82, 2.24) is 14.9 Å². The minimum absolute atomic E-state index is 0.0478. The number of nitrogens with one attached hydrogen (secondary N) is 2. The molecule has 3 amide bonds. The van der Waals surface area contributed by atoms with E-state index in [1.807, 2.05) is 5.32 Å². The van der Waals surface area contributed by atoms with Crippen molar-refractivity contribution in [1.29, 1.82) is 0 Å². The van der Waals surface area contributed by atoms with Crippen molar-refractivity contribution in [2.24, 2.45) is 0 Å². The summed E-state index contributed by atoms with van der Waals surface area (Å²) in [5.74, 6) is -3.03. The van der Waals surface area contributed by atoms with Gasteiger partial charge in [0.1, 0.15) is 10.7 Å². The Morgan fingerprint density at radius 3 is 2.39 bits per heavy atom. The lowest BCUT2D eigenvalue weighted by atomic mass is 10.1. The Bertz CT molecular complexity index is 1140. The van der Waals surface area contributed by atoms with Gasteiger partial charge in [0.15, 0.2) is 0 Å². The van der Waals surface area contributed by atoms with Crippen LogP contribution in [0, 0.1) is 5.82 Å². The van der Waals surface area contributed by atoms with Crippen LogP contribution in [0.5, 0.6) is 0 Å². The molecule has 1 atom stereocenters. The Labute approximate surface area is 189 Å². The average Bonchev–Trinajstić information content (AvgIpc) is 2.83. The van der Waals surface area contributed by atoms with E-state index >= 15 is 0 Å². The number of esters is 1. The number of rotatable bonds is 6. The molecular weight excluding hydrogens is 457 g/mol. The topological polar surface area (TPSA) is 131 Å². The molecule has 0 aliphatic carbocycles. The third kappa shape index (κ3) is 5.72. The van der Waals surface area contributed by atoms with E-state index in [4.69, 9.17) is 9.47 Å². The van der Waals surface area contributed by atoms with Gasteiger partial charge in [-0.1, -0.05) is 30.3 Å². The van der Waals surface area contributed by atoms with Gasteiger partial charge in [0.25, 0.3) is 5.91 Å². The maximum atomic E-state index is 14.4. The number of halogens is 1. The third-order valence-electron chi connectivity index (χ3n) is 4.78. The monoisotopic (exact) mass is 479 g/mol. The van der Waals surface area contributed by atoms with Gasteiger partial charge in [-0.3, -0.25) is 10.1 Å². The van der Waals surface area contributed by atoms with E-state index in [0.29, 0.717) is 0 Å². The molecule has 176 valence electrons. The molecule has 12 heteroatoms. The van der Waals surface area contributed by atoms with E-state index in [0.717, 1.165) is 22.5 Å². The number of morpholine rings is 1. The van der Waals surface area contributed by atoms with Crippen LogP contribution in [0.3, 0.4) is 0 Å². The SMILES string of the molecule is CNC(=O)NC(=O)C(OC(=O)c1ccc(F)c(S(=O)(=O)N2CCOCC2)c1)c1ccccc1. The van der Waals surface area contributed by atoms with E-state index in [1.54, 1.807) is 18.2 Å². The van der Waals surface area contributed by atoms with Gasteiger partial charge in [-0.15, -0.1) is 0 Å². The highest BCUT2D eigenvalue weighted by molar-refractivity contribution is 7.89. The van der Waals surface area contributed by atoms with Crippen LogP contribution < -0.4 is 10.6 Å². The number of urea groups is 1. The summed E-state index contributed by atoms with van der Waals surface area (Å²) in [6.07, 6.45) is -1.51. The molecular formula is C21H22FN3O7S. The van der Waals surface area contributed by atoms with Gasteiger partial charge in [-0.25, -0.2) is 22.4 Å². The second-order valence-electron chi connectivity index (χ2n) is 6.93. The number of amides is 3. The van der Waals surface area contributed by atoms with Crippen LogP contribution in [-0.2, 0) is 24.3 Å². The standard InChI is InChI=1S/C21H22FN3O7S/c1-23-21(28)24-19(26)18(14-5-3-2-4-6-14)32-20(27)15-7-8-16(22)17(13-15)33(29,30)25-9-11-31-12-10-25/h2-8,13,18H,9-12H2,1H3,(H2,23,24,26,28). The zero-order valence-corrected chi connectivity index (χ0v) is 18.4. The summed E-state index contributed by atoms with van der Waals surface area (Å²) in [4.78, 5) is 36.2.